The molecule has 0 saturated carbocycles. The van der Waals surface area contributed by atoms with Crippen LogP contribution in [0.3, 0.4) is 0 Å². The summed E-state index contributed by atoms with van der Waals surface area (Å²) in [6, 6.07) is 0.517. The zero-order chi connectivity index (χ0) is 10.8. The monoisotopic (exact) mass is 242 g/mol. The van der Waals surface area contributed by atoms with Crippen LogP contribution in [0.5, 0.6) is 0 Å². The van der Waals surface area contributed by atoms with Crippen molar-refractivity contribution in [1.29, 1.82) is 0 Å². The molecule has 0 bridgehead atoms. The minimum Gasteiger partial charge on any atom is -0.312 e. The largest absolute Gasteiger partial charge is 0.438 e. The van der Waals surface area contributed by atoms with Crippen LogP contribution in [0, 0.1) is 0 Å². The Kier molecular flexibility index (Phi) is 4.37. The molecule has 0 aromatic rings. The summed E-state index contributed by atoms with van der Waals surface area (Å²) in [5.74, 6) is 0. The third-order valence-electron chi connectivity index (χ3n) is 2.37. The molecule has 0 amide bonds. The molecule has 1 rings (SSSR count). The molecule has 0 aromatic carbocycles. The fourth-order valence-corrected chi connectivity index (χ4v) is 2.29. The van der Waals surface area contributed by atoms with Gasteiger partial charge >= 0.3 is 6.95 Å². The number of hydrogen-bond acceptors (Lipinski definition) is 4. The van der Waals surface area contributed by atoms with Crippen molar-refractivity contribution in [2.45, 2.75) is 18.9 Å². The molecule has 1 aliphatic heterocycles. The van der Waals surface area contributed by atoms with E-state index in [-0.39, 0.29) is 0 Å². The summed E-state index contributed by atoms with van der Waals surface area (Å²) in [6.45, 7) is -2.62. The Morgan fingerprint density at radius 3 is 2.36 bits per heavy atom. The van der Waals surface area contributed by atoms with E-state index in [0.717, 1.165) is 12.8 Å². The highest BCUT2D eigenvalue weighted by Crippen LogP contribution is 2.48. The number of rotatable bonds is 3. The fraction of sp³-hybridized carbons (Fsp3) is 1.00. The van der Waals surface area contributed by atoms with Gasteiger partial charge in [-0.25, -0.2) is 9.19 Å². The van der Waals surface area contributed by atoms with Crippen LogP contribution in [0.1, 0.15) is 12.8 Å². The lowest BCUT2D eigenvalue weighted by Gasteiger charge is -2.34. The number of halogens is 1. The van der Waals surface area contributed by atoms with Crippen molar-refractivity contribution in [2.75, 3.05) is 27.2 Å². The van der Waals surface area contributed by atoms with E-state index in [0.29, 0.717) is 19.1 Å². The van der Waals surface area contributed by atoms with Crippen molar-refractivity contribution >= 4 is 18.2 Å². The van der Waals surface area contributed by atoms with Gasteiger partial charge in [0.25, 0.3) is 0 Å². The molecule has 1 N–H and O–H groups in total. The van der Waals surface area contributed by atoms with Crippen molar-refractivity contribution in [3.05, 3.63) is 0 Å². The maximum Gasteiger partial charge on any atom is 0.438 e. The molecule has 1 fully saturated rings. The van der Waals surface area contributed by atoms with Gasteiger partial charge in [-0.2, -0.15) is 5.06 Å². The van der Waals surface area contributed by atoms with Gasteiger partial charge in [0.05, 0.1) is 0 Å². The molecule has 1 atom stereocenters. The summed E-state index contributed by atoms with van der Waals surface area (Å²) in [6.07, 6.45) is 1.84. The Morgan fingerprint density at radius 2 is 2.00 bits per heavy atom. The van der Waals surface area contributed by atoms with Gasteiger partial charge in [0.1, 0.15) is 0 Å². The molecule has 5 nitrogen and oxygen atoms in total. The van der Waals surface area contributed by atoms with Crippen LogP contribution >= 0.6 is 18.2 Å². The lowest BCUT2D eigenvalue weighted by atomic mass is 10.1. The van der Waals surface area contributed by atoms with Crippen molar-refractivity contribution in [3.63, 3.8) is 0 Å². The first-order chi connectivity index (χ1) is 6.38. The molecular formula is C7H16ClN2O3P. The fourth-order valence-electron chi connectivity index (χ4n) is 1.58. The van der Waals surface area contributed by atoms with Crippen LogP contribution in [0.15, 0.2) is 0 Å². The standard InChI is InChI=1S/C7H16ClN2O3P/c1-9(2)7-3-5-10(6-4-7)13-14(8,11)12/h7H,3-6H2,1-2H3,(H,11,12). The van der Waals surface area contributed by atoms with E-state index in [1.807, 2.05) is 14.1 Å². The zero-order valence-corrected chi connectivity index (χ0v) is 10.0. The van der Waals surface area contributed by atoms with E-state index in [2.05, 4.69) is 4.90 Å². The van der Waals surface area contributed by atoms with Crippen LogP contribution in [0.4, 0.5) is 0 Å². The first kappa shape index (κ1) is 12.4. The predicted octanol–water partition coefficient (Wildman–Crippen LogP) is 1.28. The molecule has 1 aliphatic rings. The molecule has 1 saturated heterocycles. The smallest absolute Gasteiger partial charge is 0.312 e. The Hall–Kier alpha value is 0.360. The molecule has 0 spiro atoms. The number of piperidine rings is 1. The van der Waals surface area contributed by atoms with E-state index in [4.69, 9.17) is 20.8 Å². The van der Waals surface area contributed by atoms with Gasteiger partial charge in [-0.15, -0.1) is 0 Å². The van der Waals surface area contributed by atoms with E-state index in [1.165, 1.54) is 5.06 Å². The van der Waals surface area contributed by atoms with Crippen LogP contribution in [-0.4, -0.2) is 48.1 Å². The molecule has 0 radical (unpaired) electrons. The van der Waals surface area contributed by atoms with Crippen molar-refractivity contribution in [1.82, 2.24) is 9.96 Å². The summed E-state index contributed by atoms with van der Waals surface area (Å²) in [5, 5.41) is 1.47. The summed E-state index contributed by atoms with van der Waals surface area (Å²) in [4.78, 5) is 10.9. The molecule has 0 aromatic heterocycles. The van der Waals surface area contributed by atoms with Crippen molar-refractivity contribution < 1.29 is 14.1 Å². The predicted molar refractivity (Wildman–Crippen MR) is 55.0 cm³/mol. The Morgan fingerprint density at radius 1 is 1.50 bits per heavy atom. The molecule has 1 unspecified atom stereocenters. The highest BCUT2D eigenvalue weighted by molar-refractivity contribution is 7.80. The van der Waals surface area contributed by atoms with E-state index in [1.54, 1.807) is 0 Å². The molecule has 14 heavy (non-hydrogen) atoms. The van der Waals surface area contributed by atoms with Crippen LogP contribution in [-0.2, 0) is 9.19 Å². The second-order valence-corrected chi connectivity index (χ2v) is 6.00. The average Bonchev–Trinajstić information content (AvgIpc) is 2.02. The Balaban J connectivity index is 2.33. The quantitative estimate of drug-likeness (QED) is 0.756. The van der Waals surface area contributed by atoms with E-state index in [9.17, 15) is 4.57 Å². The third-order valence-corrected chi connectivity index (χ3v) is 2.99. The normalized spacial score (nSPS) is 25.2. The van der Waals surface area contributed by atoms with Gasteiger partial charge < -0.3 is 9.79 Å². The summed E-state index contributed by atoms with van der Waals surface area (Å²) >= 11 is 5.10. The Labute approximate surface area is 88.9 Å². The van der Waals surface area contributed by atoms with Crippen LogP contribution in [0.25, 0.3) is 0 Å². The molecule has 1 heterocycles. The van der Waals surface area contributed by atoms with Crippen molar-refractivity contribution in [3.8, 4) is 0 Å². The second-order valence-electron chi connectivity index (χ2n) is 3.66. The van der Waals surface area contributed by atoms with Crippen LogP contribution < -0.4 is 0 Å². The number of hydroxylamine groups is 2. The van der Waals surface area contributed by atoms with Gasteiger partial charge in [0.15, 0.2) is 0 Å². The summed E-state index contributed by atoms with van der Waals surface area (Å²) in [5.41, 5.74) is 0. The third kappa shape index (κ3) is 4.26. The molecule has 84 valence electrons. The SMILES string of the molecule is CN(C)C1CCN(OP(=O)(O)Cl)CC1. The minimum absolute atomic E-state index is 0.517. The van der Waals surface area contributed by atoms with E-state index < -0.39 is 6.95 Å². The molecule has 7 heteroatoms. The second kappa shape index (κ2) is 4.92. The minimum atomic E-state index is -3.89. The first-order valence-corrected chi connectivity index (χ1v) is 7.00. The molecular weight excluding hydrogens is 227 g/mol. The highest BCUT2D eigenvalue weighted by Gasteiger charge is 2.26. The lowest BCUT2D eigenvalue weighted by Crippen LogP contribution is -2.41. The van der Waals surface area contributed by atoms with Gasteiger partial charge in [-0.1, -0.05) is 0 Å². The number of nitrogens with zero attached hydrogens (tertiary/aromatic N) is 2. The Bertz CT molecular complexity index is 225. The zero-order valence-electron chi connectivity index (χ0n) is 8.39. The van der Waals surface area contributed by atoms with Crippen LogP contribution in [0.2, 0.25) is 0 Å². The maximum absolute atomic E-state index is 10.7. The number of hydrogen-bond donors (Lipinski definition) is 1. The topological polar surface area (TPSA) is 53.0 Å². The maximum atomic E-state index is 10.7. The summed E-state index contributed by atoms with van der Waals surface area (Å²) in [7, 11) is 4.05. The van der Waals surface area contributed by atoms with Gasteiger partial charge in [0.2, 0.25) is 0 Å². The first-order valence-electron chi connectivity index (χ1n) is 4.52. The van der Waals surface area contributed by atoms with Gasteiger partial charge in [0, 0.05) is 30.4 Å². The van der Waals surface area contributed by atoms with Gasteiger partial charge in [-0.05, 0) is 26.9 Å². The molecule has 0 aliphatic carbocycles. The van der Waals surface area contributed by atoms with Crippen molar-refractivity contribution in [2.24, 2.45) is 0 Å². The van der Waals surface area contributed by atoms with Gasteiger partial charge in [-0.3, -0.25) is 0 Å². The lowest BCUT2D eigenvalue weighted by molar-refractivity contribution is -0.0871. The average molecular weight is 243 g/mol. The highest BCUT2D eigenvalue weighted by atomic mass is 35.7. The van der Waals surface area contributed by atoms with E-state index >= 15 is 0 Å². The summed E-state index contributed by atoms with van der Waals surface area (Å²) < 4.78 is 15.4.